The largest absolute Gasteiger partial charge is 0.490 e. The van der Waals surface area contributed by atoms with E-state index in [2.05, 4.69) is 0 Å². The number of carbonyl (C=O) groups excluding carboxylic acids is 1. The van der Waals surface area contributed by atoms with Crippen LogP contribution in [0, 0.1) is 0 Å². The second-order valence-electron chi connectivity index (χ2n) is 4.15. The zero-order valence-corrected chi connectivity index (χ0v) is 12.5. The molecule has 110 valence electrons. The van der Waals surface area contributed by atoms with Crippen LogP contribution in [-0.4, -0.2) is 19.2 Å². The zero-order valence-electron chi connectivity index (χ0n) is 11.0. The van der Waals surface area contributed by atoms with E-state index < -0.39 is 5.97 Å². The molecule has 0 amide bonds. The van der Waals surface area contributed by atoms with Crippen molar-refractivity contribution in [1.82, 2.24) is 0 Å². The van der Waals surface area contributed by atoms with Gasteiger partial charge in [0.05, 0.1) is 16.3 Å². The van der Waals surface area contributed by atoms with Gasteiger partial charge in [0, 0.05) is 5.02 Å². The zero-order chi connectivity index (χ0) is 15.2. The molecule has 6 heteroatoms. The van der Waals surface area contributed by atoms with Crippen LogP contribution < -0.4 is 10.5 Å². The average Bonchev–Trinajstić information content (AvgIpc) is 2.48. The standard InChI is InChI=1S/C15H13Cl2NO3/c16-10-8-12(14(18)13(17)9-10)15(19)21-7-6-20-11-4-2-1-3-5-11/h1-5,8-9H,6-7,18H2. The molecular formula is C15H13Cl2NO3. The van der Waals surface area contributed by atoms with Crippen LogP contribution in [0.2, 0.25) is 10.0 Å². The van der Waals surface area contributed by atoms with E-state index in [-0.39, 0.29) is 29.5 Å². The monoisotopic (exact) mass is 325 g/mol. The number of esters is 1. The number of halogens is 2. The Morgan fingerprint density at radius 2 is 1.81 bits per heavy atom. The lowest BCUT2D eigenvalue weighted by atomic mass is 10.2. The molecule has 0 saturated carbocycles. The first-order chi connectivity index (χ1) is 10.1. The number of hydrogen-bond acceptors (Lipinski definition) is 4. The summed E-state index contributed by atoms with van der Waals surface area (Å²) >= 11 is 11.7. The van der Waals surface area contributed by atoms with Gasteiger partial charge in [0.1, 0.15) is 19.0 Å². The summed E-state index contributed by atoms with van der Waals surface area (Å²) in [5, 5.41) is 0.539. The summed E-state index contributed by atoms with van der Waals surface area (Å²) in [5.41, 5.74) is 6.02. The Balaban J connectivity index is 1.88. The van der Waals surface area contributed by atoms with Gasteiger partial charge in [-0.3, -0.25) is 0 Å². The van der Waals surface area contributed by atoms with E-state index in [1.54, 1.807) is 0 Å². The Morgan fingerprint density at radius 1 is 1.10 bits per heavy atom. The molecule has 0 spiro atoms. The molecule has 0 saturated heterocycles. The number of para-hydroxylation sites is 1. The number of rotatable bonds is 5. The molecule has 0 radical (unpaired) electrons. The Labute approximate surface area is 132 Å². The summed E-state index contributed by atoms with van der Waals surface area (Å²) in [7, 11) is 0. The van der Waals surface area contributed by atoms with Crippen molar-refractivity contribution in [3.8, 4) is 5.75 Å². The van der Waals surface area contributed by atoms with Crippen molar-refractivity contribution in [2.45, 2.75) is 0 Å². The van der Waals surface area contributed by atoms with E-state index >= 15 is 0 Å². The molecule has 0 aliphatic rings. The quantitative estimate of drug-likeness (QED) is 0.516. The fourth-order valence-corrected chi connectivity index (χ4v) is 2.14. The first-order valence-electron chi connectivity index (χ1n) is 6.17. The van der Waals surface area contributed by atoms with E-state index in [1.807, 2.05) is 30.3 Å². The molecule has 2 N–H and O–H groups in total. The van der Waals surface area contributed by atoms with Crippen LogP contribution in [0.3, 0.4) is 0 Å². The van der Waals surface area contributed by atoms with Crippen molar-refractivity contribution < 1.29 is 14.3 Å². The second-order valence-corrected chi connectivity index (χ2v) is 4.99. The Bertz CT molecular complexity index is 632. The summed E-state index contributed by atoms with van der Waals surface area (Å²) in [6.07, 6.45) is 0. The number of nitrogen functional groups attached to an aromatic ring is 1. The van der Waals surface area contributed by atoms with E-state index in [0.29, 0.717) is 10.8 Å². The Morgan fingerprint density at radius 3 is 2.52 bits per heavy atom. The maximum absolute atomic E-state index is 11.9. The maximum Gasteiger partial charge on any atom is 0.340 e. The van der Waals surface area contributed by atoms with Crippen molar-refractivity contribution in [2.75, 3.05) is 18.9 Å². The van der Waals surface area contributed by atoms with Crippen LogP contribution in [0.15, 0.2) is 42.5 Å². The molecule has 2 aromatic carbocycles. The smallest absolute Gasteiger partial charge is 0.340 e. The van der Waals surface area contributed by atoms with Gasteiger partial charge in [0.25, 0.3) is 0 Å². The van der Waals surface area contributed by atoms with Gasteiger partial charge in [-0.1, -0.05) is 41.4 Å². The van der Waals surface area contributed by atoms with Crippen molar-refractivity contribution in [3.05, 3.63) is 58.1 Å². The molecule has 0 heterocycles. The highest BCUT2D eigenvalue weighted by molar-refractivity contribution is 6.37. The molecule has 0 atom stereocenters. The van der Waals surface area contributed by atoms with Crippen LogP contribution in [0.4, 0.5) is 5.69 Å². The second kappa shape index (κ2) is 7.20. The first-order valence-corrected chi connectivity index (χ1v) is 6.93. The molecule has 4 nitrogen and oxygen atoms in total. The summed E-state index contributed by atoms with van der Waals surface area (Å²) in [4.78, 5) is 11.9. The van der Waals surface area contributed by atoms with Crippen molar-refractivity contribution in [1.29, 1.82) is 0 Å². The van der Waals surface area contributed by atoms with Gasteiger partial charge in [-0.25, -0.2) is 4.79 Å². The molecular weight excluding hydrogens is 313 g/mol. The topological polar surface area (TPSA) is 61.6 Å². The number of anilines is 1. The van der Waals surface area contributed by atoms with Gasteiger partial charge in [0.15, 0.2) is 0 Å². The molecule has 0 aliphatic heterocycles. The summed E-state index contributed by atoms with van der Waals surface area (Å²) in [6, 6.07) is 12.1. The first kappa shape index (κ1) is 15.5. The average molecular weight is 326 g/mol. The van der Waals surface area contributed by atoms with Gasteiger partial charge in [-0.15, -0.1) is 0 Å². The molecule has 0 aromatic heterocycles. The van der Waals surface area contributed by atoms with Crippen LogP contribution in [-0.2, 0) is 4.74 Å². The van der Waals surface area contributed by atoms with E-state index in [9.17, 15) is 4.79 Å². The predicted octanol–water partition coefficient (Wildman–Crippen LogP) is 3.81. The van der Waals surface area contributed by atoms with Gasteiger partial charge in [-0.2, -0.15) is 0 Å². The lowest BCUT2D eigenvalue weighted by Gasteiger charge is -2.09. The normalized spacial score (nSPS) is 10.2. The highest BCUT2D eigenvalue weighted by atomic mass is 35.5. The molecule has 0 unspecified atom stereocenters. The van der Waals surface area contributed by atoms with Gasteiger partial charge in [0.2, 0.25) is 0 Å². The third-order valence-electron chi connectivity index (χ3n) is 2.64. The number of hydrogen-bond donors (Lipinski definition) is 1. The number of nitrogens with two attached hydrogens (primary N) is 1. The number of ether oxygens (including phenoxy) is 2. The third-order valence-corrected chi connectivity index (χ3v) is 3.17. The molecule has 0 bridgehead atoms. The Kier molecular flexibility index (Phi) is 5.31. The molecule has 0 fully saturated rings. The molecule has 0 aliphatic carbocycles. The van der Waals surface area contributed by atoms with Crippen LogP contribution in [0.25, 0.3) is 0 Å². The highest BCUT2D eigenvalue weighted by Crippen LogP contribution is 2.28. The van der Waals surface area contributed by atoms with E-state index in [4.69, 9.17) is 38.4 Å². The lowest BCUT2D eigenvalue weighted by molar-refractivity contribution is 0.0451. The fourth-order valence-electron chi connectivity index (χ4n) is 1.64. The van der Waals surface area contributed by atoms with Crippen LogP contribution >= 0.6 is 23.2 Å². The minimum absolute atomic E-state index is 0.0945. The molecule has 21 heavy (non-hydrogen) atoms. The highest BCUT2D eigenvalue weighted by Gasteiger charge is 2.15. The van der Waals surface area contributed by atoms with Crippen molar-refractivity contribution in [3.63, 3.8) is 0 Å². The molecule has 2 rings (SSSR count). The predicted molar refractivity (Wildman–Crippen MR) is 83.1 cm³/mol. The van der Waals surface area contributed by atoms with Crippen LogP contribution in [0.1, 0.15) is 10.4 Å². The van der Waals surface area contributed by atoms with Gasteiger partial charge in [-0.05, 0) is 24.3 Å². The summed E-state index contributed by atoms with van der Waals surface area (Å²) < 4.78 is 10.5. The number of carbonyl (C=O) groups is 1. The van der Waals surface area contributed by atoms with Crippen LogP contribution in [0.5, 0.6) is 5.75 Å². The number of benzene rings is 2. The summed E-state index contributed by atoms with van der Waals surface area (Å²) in [5.74, 6) is 0.118. The third kappa shape index (κ3) is 4.28. The van der Waals surface area contributed by atoms with E-state index in [0.717, 1.165) is 0 Å². The maximum atomic E-state index is 11.9. The van der Waals surface area contributed by atoms with Crippen molar-refractivity contribution >= 4 is 34.9 Å². The van der Waals surface area contributed by atoms with Gasteiger partial charge >= 0.3 is 5.97 Å². The Hall–Kier alpha value is -1.91. The lowest BCUT2D eigenvalue weighted by Crippen LogP contribution is -2.14. The minimum atomic E-state index is -0.589. The fraction of sp³-hybridized carbons (Fsp3) is 0.133. The minimum Gasteiger partial charge on any atom is -0.490 e. The van der Waals surface area contributed by atoms with Gasteiger partial charge < -0.3 is 15.2 Å². The van der Waals surface area contributed by atoms with Crippen molar-refractivity contribution in [2.24, 2.45) is 0 Å². The summed E-state index contributed by atoms with van der Waals surface area (Å²) in [6.45, 7) is 0.335. The SMILES string of the molecule is Nc1c(Cl)cc(Cl)cc1C(=O)OCCOc1ccccc1. The van der Waals surface area contributed by atoms with E-state index in [1.165, 1.54) is 12.1 Å². The molecule has 2 aromatic rings.